The lowest BCUT2D eigenvalue weighted by Crippen LogP contribution is -2.45. The van der Waals surface area contributed by atoms with E-state index in [2.05, 4.69) is 11.9 Å². The molecule has 2 fully saturated rings. The maximum Gasteiger partial charge on any atom is 0.306 e. The van der Waals surface area contributed by atoms with Crippen LogP contribution < -0.4 is 0 Å². The van der Waals surface area contributed by atoms with Crippen LogP contribution in [0, 0.1) is 11.8 Å². The van der Waals surface area contributed by atoms with E-state index in [1.807, 2.05) is 0 Å². The van der Waals surface area contributed by atoms with Gasteiger partial charge in [-0.15, -0.1) is 0 Å². The van der Waals surface area contributed by atoms with Crippen LogP contribution in [0.2, 0.25) is 0 Å². The second-order valence-corrected chi connectivity index (χ2v) is 5.23. The zero-order valence-corrected chi connectivity index (χ0v) is 9.48. The lowest BCUT2D eigenvalue weighted by Gasteiger charge is -2.40. The van der Waals surface area contributed by atoms with E-state index in [0.717, 1.165) is 25.3 Å². The normalized spacial score (nSPS) is 31.1. The molecule has 0 aliphatic heterocycles. The first-order chi connectivity index (χ1) is 7.16. The highest BCUT2D eigenvalue weighted by Crippen LogP contribution is 2.33. The van der Waals surface area contributed by atoms with Crippen molar-refractivity contribution in [1.29, 1.82) is 0 Å². The molecule has 0 aromatic heterocycles. The number of carboxylic acids is 1. The lowest BCUT2D eigenvalue weighted by molar-refractivity contribution is -0.146. The van der Waals surface area contributed by atoms with Crippen molar-refractivity contribution in [2.45, 2.75) is 44.6 Å². The van der Waals surface area contributed by atoms with Crippen LogP contribution >= 0.6 is 0 Å². The zero-order valence-electron chi connectivity index (χ0n) is 9.48. The molecular formula is C12H21NO2. The Hall–Kier alpha value is -0.570. The molecule has 3 heteroatoms. The number of hydrogen-bond donors (Lipinski definition) is 1. The summed E-state index contributed by atoms with van der Waals surface area (Å²) in [7, 11) is 2.14. The van der Waals surface area contributed by atoms with Gasteiger partial charge in [0.15, 0.2) is 0 Å². The molecule has 2 aliphatic carbocycles. The van der Waals surface area contributed by atoms with Gasteiger partial charge in [-0.3, -0.25) is 4.79 Å². The van der Waals surface area contributed by atoms with Gasteiger partial charge in [-0.25, -0.2) is 0 Å². The van der Waals surface area contributed by atoms with Gasteiger partial charge in [-0.05, 0) is 38.8 Å². The Balaban J connectivity index is 1.60. The fraction of sp³-hybridized carbons (Fsp3) is 0.917. The first-order valence-electron chi connectivity index (χ1n) is 6.10. The van der Waals surface area contributed by atoms with Crippen LogP contribution in [0.4, 0.5) is 0 Å². The highest BCUT2D eigenvalue weighted by Gasteiger charge is 2.36. The Morgan fingerprint density at radius 3 is 2.53 bits per heavy atom. The van der Waals surface area contributed by atoms with E-state index >= 15 is 0 Å². The van der Waals surface area contributed by atoms with Gasteiger partial charge in [0.1, 0.15) is 0 Å². The second-order valence-electron chi connectivity index (χ2n) is 5.23. The van der Waals surface area contributed by atoms with Crippen molar-refractivity contribution < 1.29 is 9.90 Å². The van der Waals surface area contributed by atoms with Crippen LogP contribution in [0.1, 0.15) is 38.5 Å². The maximum atomic E-state index is 10.7. The maximum absolute atomic E-state index is 10.7. The molecule has 15 heavy (non-hydrogen) atoms. The number of aliphatic carboxylic acids is 1. The molecule has 0 spiro atoms. The zero-order chi connectivity index (χ0) is 10.8. The fourth-order valence-electron chi connectivity index (χ4n) is 2.50. The molecule has 0 amide bonds. The predicted molar refractivity (Wildman–Crippen MR) is 58.7 cm³/mol. The van der Waals surface area contributed by atoms with Crippen molar-refractivity contribution in [2.75, 3.05) is 13.6 Å². The Morgan fingerprint density at radius 2 is 2.07 bits per heavy atom. The predicted octanol–water partition coefficient (Wildman–Crippen LogP) is 1.97. The third-order valence-corrected chi connectivity index (χ3v) is 4.20. The van der Waals surface area contributed by atoms with Crippen molar-refractivity contribution >= 4 is 5.97 Å². The molecular weight excluding hydrogens is 190 g/mol. The minimum absolute atomic E-state index is 0.0684. The summed E-state index contributed by atoms with van der Waals surface area (Å²) in [6.45, 7) is 1.15. The number of rotatable bonds is 5. The van der Waals surface area contributed by atoms with Crippen molar-refractivity contribution in [3.63, 3.8) is 0 Å². The molecule has 0 aromatic rings. The van der Waals surface area contributed by atoms with E-state index < -0.39 is 5.97 Å². The minimum Gasteiger partial charge on any atom is -0.481 e. The lowest BCUT2D eigenvalue weighted by atomic mass is 9.78. The monoisotopic (exact) mass is 211 g/mol. The molecule has 0 saturated heterocycles. The van der Waals surface area contributed by atoms with Crippen LogP contribution in [0.3, 0.4) is 0 Å². The third kappa shape index (κ3) is 2.51. The van der Waals surface area contributed by atoms with Gasteiger partial charge in [0.05, 0.1) is 5.92 Å². The van der Waals surface area contributed by atoms with Crippen molar-refractivity contribution in [3.05, 3.63) is 0 Å². The summed E-state index contributed by atoms with van der Waals surface area (Å²) in [5, 5.41) is 8.78. The molecule has 3 nitrogen and oxygen atoms in total. The van der Waals surface area contributed by atoms with Gasteiger partial charge in [0, 0.05) is 6.04 Å². The van der Waals surface area contributed by atoms with Crippen molar-refractivity contribution in [2.24, 2.45) is 11.8 Å². The first-order valence-corrected chi connectivity index (χ1v) is 6.10. The van der Waals surface area contributed by atoms with Crippen LogP contribution in [0.25, 0.3) is 0 Å². The Kier molecular flexibility index (Phi) is 3.29. The molecule has 0 radical (unpaired) electrons. The molecule has 0 unspecified atom stereocenters. The molecule has 2 saturated carbocycles. The van der Waals surface area contributed by atoms with Crippen LogP contribution in [0.15, 0.2) is 0 Å². The molecule has 1 N–H and O–H groups in total. The largest absolute Gasteiger partial charge is 0.481 e. The van der Waals surface area contributed by atoms with E-state index in [1.54, 1.807) is 0 Å². The van der Waals surface area contributed by atoms with Gasteiger partial charge in [-0.2, -0.15) is 0 Å². The summed E-state index contributed by atoms with van der Waals surface area (Å²) in [4.78, 5) is 13.0. The van der Waals surface area contributed by atoms with Crippen LogP contribution in [-0.2, 0) is 4.79 Å². The molecule has 0 bridgehead atoms. The summed E-state index contributed by atoms with van der Waals surface area (Å²) in [5.74, 6) is 0.280. The molecule has 86 valence electrons. The molecule has 0 atom stereocenters. The van der Waals surface area contributed by atoms with Gasteiger partial charge in [0.2, 0.25) is 0 Å². The minimum atomic E-state index is -0.612. The van der Waals surface area contributed by atoms with Crippen molar-refractivity contribution in [1.82, 2.24) is 4.90 Å². The molecule has 0 aromatic carbocycles. The van der Waals surface area contributed by atoms with Crippen molar-refractivity contribution in [3.8, 4) is 0 Å². The summed E-state index contributed by atoms with van der Waals surface area (Å²) in [5.41, 5.74) is 0. The SMILES string of the molecule is CN(CCC1CCC1)C1CC(C(=O)O)C1. The highest BCUT2D eigenvalue weighted by molar-refractivity contribution is 5.71. The first kappa shape index (κ1) is 10.9. The van der Waals surface area contributed by atoms with E-state index in [0.29, 0.717) is 6.04 Å². The van der Waals surface area contributed by atoms with Gasteiger partial charge >= 0.3 is 5.97 Å². The van der Waals surface area contributed by atoms with Gasteiger partial charge < -0.3 is 10.0 Å². The summed E-state index contributed by atoms with van der Waals surface area (Å²) in [6.07, 6.45) is 7.27. The smallest absolute Gasteiger partial charge is 0.306 e. The van der Waals surface area contributed by atoms with E-state index in [9.17, 15) is 4.79 Å². The molecule has 2 rings (SSSR count). The van der Waals surface area contributed by atoms with E-state index in [4.69, 9.17) is 5.11 Å². The number of carboxylic acid groups (broad SMARTS) is 1. The van der Waals surface area contributed by atoms with Gasteiger partial charge in [-0.1, -0.05) is 19.3 Å². The average molecular weight is 211 g/mol. The summed E-state index contributed by atoms with van der Waals surface area (Å²) in [6, 6.07) is 0.533. The highest BCUT2D eigenvalue weighted by atomic mass is 16.4. The standard InChI is InChI=1S/C12H21NO2/c1-13(6-5-9-3-2-4-9)11-7-10(8-11)12(14)15/h9-11H,2-8H2,1H3,(H,14,15). The second kappa shape index (κ2) is 4.52. The number of hydrogen-bond acceptors (Lipinski definition) is 2. The quantitative estimate of drug-likeness (QED) is 0.756. The summed E-state index contributed by atoms with van der Waals surface area (Å²) < 4.78 is 0. The van der Waals surface area contributed by atoms with Crippen LogP contribution in [0.5, 0.6) is 0 Å². The summed E-state index contributed by atoms with van der Waals surface area (Å²) >= 11 is 0. The van der Waals surface area contributed by atoms with Crippen LogP contribution in [-0.4, -0.2) is 35.6 Å². The number of carbonyl (C=O) groups is 1. The Labute approximate surface area is 91.5 Å². The molecule has 0 heterocycles. The number of nitrogens with zero attached hydrogens (tertiary/aromatic N) is 1. The Bertz CT molecular complexity index is 232. The van der Waals surface area contributed by atoms with E-state index in [-0.39, 0.29) is 5.92 Å². The topological polar surface area (TPSA) is 40.5 Å². The average Bonchev–Trinajstić information content (AvgIpc) is 1.97. The Morgan fingerprint density at radius 1 is 1.40 bits per heavy atom. The third-order valence-electron chi connectivity index (χ3n) is 4.20. The van der Waals surface area contributed by atoms with Gasteiger partial charge in [0.25, 0.3) is 0 Å². The molecule has 2 aliphatic rings. The van der Waals surface area contributed by atoms with E-state index in [1.165, 1.54) is 25.7 Å². The fourth-order valence-corrected chi connectivity index (χ4v) is 2.50.